The summed E-state index contributed by atoms with van der Waals surface area (Å²) in [7, 11) is 0. The molecule has 0 spiro atoms. The van der Waals surface area contributed by atoms with Crippen molar-refractivity contribution in [2.24, 2.45) is 11.3 Å². The summed E-state index contributed by atoms with van der Waals surface area (Å²) < 4.78 is 1.07. The van der Waals surface area contributed by atoms with E-state index in [2.05, 4.69) is 43.6 Å². The standard InChI is InChI=1S/C13H19BrOS/c1-8-6-11(16-12(8)14)10(15)7-9(2)13(3,4)5/h6,9H,7H2,1-5H3. The monoisotopic (exact) mass is 302 g/mol. The van der Waals surface area contributed by atoms with Crippen molar-refractivity contribution in [2.75, 3.05) is 0 Å². The van der Waals surface area contributed by atoms with Crippen LogP contribution in [-0.4, -0.2) is 5.78 Å². The number of rotatable bonds is 3. The lowest BCUT2D eigenvalue weighted by molar-refractivity contribution is 0.0931. The molecule has 0 fully saturated rings. The number of hydrogen-bond donors (Lipinski definition) is 0. The van der Waals surface area contributed by atoms with Crippen LogP contribution >= 0.6 is 27.3 Å². The maximum absolute atomic E-state index is 12.1. The van der Waals surface area contributed by atoms with E-state index in [4.69, 9.17) is 0 Å². The van der Waals surface area contributed by atoms with Crippen LogP contribution in [0.25, 0.3) is 0 Å². The smallest absolute Gasteiger partial charge is 0.173 e. The highest BCUT2D eigenvalue weighted by Crippen LogP contribution is 2.32. The van der Waals surface area contributed by atoms with Gasteiger partial charge in [0.2, 0.25) is 0 Å². The van der Waals surface area contributed by atoms with Gasteiger partial charge in [0.05, 0.1) is 8.66 Å². The molecule has 0 aliphatic rings. The molecule has 1 atom stereocenters. The van der Waals surface area contributed by atoms with Crippen LogP contribution in [0.1, 0.15) is 49.4 Å². The minimum Gasteiger partial charge on any atom is -0.293 e. The molecular weight excluding hydrogens is 284 g/mol. The quantitative estimate of drug-likeness (QED) is 0.712. The van der Waals surface area contributed by atoms with Gasteiger partial charge in [-0.1, -0.05) is 27.7 Å². The van der Waals surface area contributed by atoms with E-state index in [1.54, 1.807) is 11.3 Å². The third-order valence-electron chi connectivity index (χ3n) is 3.10. The minimum atomic E-state index is 0.194. The lowest BCUT2D eigenvalue weighted by Crippen LogP contribution is -2.20. The number of thiophene rings is 1. The van der Waals surface area contributed by atoms with Crippen LogP contribution in [0.2, 0.25) is 0 Å². The van der Waals surface area contributed by atoms with Gasteiger partial charge in [-0.05, 0) is 45.8 Å². The Hall–Kier alpha value is -0.150. The molecule has 0 saturated heterocycles. The van der Waals surface area contributed by atoms with Crippen molar-refractivity contribution in [3.63, 3.8) is 0 Å². The van der Waals surface area contributed by atoms with Gasteiger partial charge < -0.3 is 0 Å². The highest BCUT2D eigenvalue weighted by Gasteiger charge is 2.23. The average molecular weight is 303 g/mol. The first kappa shape index (κ1) is 13.9. The fourth-order valence-corrected chi connectivity index (χ4v) is 2.77. The molecule has 1 aromatic heterocycles. The molecule has 0 aliphatic carbocycles. The van der Waals surface area contributed by atoms with Crippen LogP contribution < -0.4 is 0 Å². The minimum absolute atomic E-state index is 0.194. The van der Waals surface area contributed by atoms with Gasteiger partial charge in [0.1, 0.15) is 0 Å². The summed E-state index contributed by atoms with van der Waals surface area (Å²) in [6.07, 6.45) is 0.635. The second-order valence-electron chi connectivity index (χ2n) is 5.46. The zero-order valence-corrected chi connectivity index (χ0v) is 13.0. The molecule has 16 heavy (non-hydrogen) atoms. The maximum atomic E-state index is 12.1. The molecule has 1 unspecified atom stereocenters. The first-order chi connectivity index (χ1) is 7.21. The number of aryl methyl sites for hydroxylation is 1. The highest BCUT2D eigenvalue weighted by molar-refractivity contribution is 9.11. The molecule has 0 radical (unpaired) electrons. The van der Waals surface area contributed by atoms with Gasteiger partial charge in [0.25, 0.3) is 0 Å². The van der Waals surface area contributed by atoms with Crippen molar-refractivity contribution < 1.29 is 4.79 Å². The molecule has 0 amide bonds. The Morgan fingerprint density at radius 3 is 2.44 bits per heavy atom. The van der Waals surface area contributed by atoms with E-state index in [1.807, 2.05) is 13.0 Å². The Morgan fingerprint density at radius 2 is 2.06 bits per heavy atom. The SMILES string of the molecule is Cc1cc(C(=O)CC(C)C(C)(C)C)sc1Br. The van der Waals surface area contributed by atoms with Gasteiger partial charge in [-0.3, -0.25) is 4.79 Å². The zero-order valence-electron chi connectivity index (χ0n) is 10.6. The number of carbonyl (C=O) groups is 1. The maximum Gasteiger partial charge on any atom is 0.173 e. The molecule has 1 nitrogen and oxygen atoms in total. The lowest BCUT2D eigenvalue weighted by atomic mass is 9.79. The van der Waals surface area contributed by atoms with E-state index in [1.165, 1.54) is 0 Å². The second-order valence-corrected chi connectivity index (χ2v) is 7.83. The van der Waals surface area contributed by atoms with Gasteiger partial charge in [0, 0.05) is 6.42 Å². The molecule has 1 heterocycles. The number of Topliss-reactive ketones (excluding diaryl/α,β-unsaturated/α-hetero) is 1. The third kappa shape index (κ3) is 3.42. The average Bonchev–Trinajstić information content (AvgIpc) is 2.45. The molecule has 0 saturated carbocycles. The molecular formula is C13H19BrOS. The summed E-state index contributed by atoms with van der Waals surface area (Å²) in [5, 5.41) is 0. The Labute approximate surface area is 110 Å². The molecule has 0 aromatic carbocycles. The largest absolute Gasteiger partial charge is 0.293 e. The Morgan fingerprint density at radius 1 is 1.50 bits per heavy atom. The molecule has 1 aromatic rings. The van der Waals surface area contributed by atoms with Gasteiger partial charge in [-0.25, -0.2) is 0 Å². The van der Waals surface area contributed by atoms with E-state index >= 15 is 0 Å². The van der Waals surface area contributed by atoms with Gasteiger partial charge in [-0.15, -0.1) is 11.3 Å². The predicted octanol–water partition coefficient (Wildman–Crippen LogP) is 5.07. The van der Waals surface area contributed by atoms with E-state index in [0.29, 0.717) is 12.3 Å². The van der Waals surface area contributed by atoms with Crippen molar-refractivity contribution in [3.05, 3.63) is 20.3 Å². The van der Waals surface area contributed by atoms with Crippen molar-refractivity contribution in [2.45, 2.75) is 41.0 Å². The fraction of sp³-hybridized carbons (Fsp3) is 0.615. The van der Waals surface area contributed by atoms with Crippen LogP contribution in [-0.2, 0) is 0 Å². The first-order valence-electron chi connectivity index (χ1n) is 5.51. The fourth-order valence-electron chi connectivity index (χ4n) is 1.28. The van der Waals surface area contributed by atoms with Crippen LogP contribution in [0.3, 0.4) is 0 Å². The number of ketones is 1. The topological polar surface area (TPSA) is 17.1 Å². The van der Waals surface area contributed by atoms with E-state index in [0.717, 1.165) is 14.2 Å². The first-order valence-corrected chi connectivity index (χ1v) is 7.12. The lowest BCUT2D eigenvalue weighted by Gasteiger charge is -2.26. The summed E-state index contributed by atoms with van der Waals surface area (Å²) in [5.74, 6) is 0.669. The van der Waals surface area contributed by atoms with E-state index in [-0.39, 0.29) is 11.2 Å². The summed E-state index contributed by atoms with van der Waals surface area (Å²) in [4.78, 5) is 12.9. The Kier molecular flexibility index (Phi) is 4.35. The van der Waals surface area contributed by atoms with Crippen LogP contribution in [0.15, 0.2) is 9.85 Å². The van der Waals surface area contributed by atoms with Crippen molar-refractivity contribution in [1.82, 2.24) is 0 Å². The zero-order chi connectivity index (χ0) is 12.5. The van der Waals surface area contributed by atoms with Crippen molar-refractivity contribution in [1.29, 1.82) is 0 Å². The second kappa shape index (κ2) is 5.01. The predicted molar refractivity (Wildman–Crippen MR) is 74.3 cm³/mol. The number of carbonyl (C=O) groups excluding carboxylic acids is 1. The summed E-state index contributed by atoms with van der Waals surface area (Å²) in [6, 6.07) is 1.98. The highest BCUT2D eigenvalue weighted by atomic mass is 79.9. The summed E-state index contributed by atoms with van der Waals surface area (Å²) in [5.41, 5.74) is 1.34. The van der Waals surface area contributed by atoms with E-state index in [9.17, 15) is 4.79 Å². The molecule has 90 valence electrons. The molecule has 1 rings (SSSR count). The third-order valence-corrected chi connectivity index (χ3v) is 5.28. The molecule has 0 aliphatic heterocycles. The van der Waals surface area contributed by atoms with Gasteiger partial charge in [-0.2, -0.15) is 0 Å². The number of halogens is 1. The molecule has 0 N–H and O–H groups in total. The number of hydrogen-bond acceptors (Lipinski definition) is 2. The Balaban J connectivity index is 2.73. The summed E-state index contributed by atoms with van der Waals surface area (Å²) in [6.45, 7) is 10.7. The normalized spacial score (nSPS) is 13.9. The van der Waals surface area contributed by atoms with Gasteiger partial charge in [0.15, 0.2) is 5.78 Å². The van der Waals surface area contributed by atoms with Gasteiger partial charge >= 0.3 is 0 Å². The van der Waals surface area contributed by atoms with Crippen molar-refractivity contribution in [3.8, 4) is 0 Å². The Bertz CT molecular complexity index is 368. The van der Waals surface area contributed by atoms with Crippen LogP contribution in [0.5, 0.6) is 0 Å². The summed E-state index contributed by atoms with van der Waals surface area (Å²) >= 11 is 5.00. The molecule has 0 bridgehead atoms. The van der Waals surface area contributed by atoms with Crippen molar-refractivity contribution >= 4 is 33.0 Å². The van der Waals surface area contributed by atoms with Crippen LogP contribution in [0, 0.1) is 18.3 Å². The molecule has 3 heteroatoms. The van der Waals surface area contributed by atoms with Crippen LogP contribution in [0.4, 0.5) is 0 Å². The van der Waals surface area contributed by atoms with E-state index < -0.39 is 0 Å².